The van der Waals surface area contributed by atoms with Gasteiger partial charge in [-0.05, 0) is 49.2 Å². The molecule has 3 aromatic rings. The minimum absolute atomic E-state index is 0.0309. The third kappa shape index (κ3) is 4.60. The molecule has 0 spiro atoms. The third-order valence-corrected chi connectivity index (χ3v) is 6.34. The van der Waals surface area contributed by atoms with Crippen molar-refractivity contribution in [2.75, 3.05) is 11.6 Å². The number of amides is 2. The number of anilines is 1. The van der Waals surface area contributed by atoms with Gasteiger partial charge >= 0.3 is 6.03 Å². The fourth-order valence-corrected chi connectivity index (χ4v) is 4.52. The van der Waals surface area contributed by atoms with Crippen molar-refractivity contribution in [2.24, 2.45) is 5.92 Å². The summed E-state index contributed by atoms with van der Waals surface area (Å²) >= 11 is 5.94. The second kappa shape index (κ2) is 8.28. The van der Waals surface area contributed by atoms with Crippen LogP contribution in [0.4, 0.5) is 14.9 Å². The molecule has 3 rings (SSSR count). The number of fused-ring (bicyclic) bond motifs is 1. The molecule has 2 N–H and O–H groups in total. The minimum Gasteiger partial charge on any atom is -0.459 e. The minimum atomic E-state index is -3.54. The first kappa shape index (κ1) is 22.1. The van der Waals surface area contributed by atoms with Crippen LogP contribution in [-0.2, 0) is 9.84 Å². The average molecular weight is 453 g/mol. The number of aryl methyl sites for hydroxylation is 1. The molecule has 30 heavy (non-hydrogen) atoms. The quantitative estimate of drug-likeness (QED) is 0.538. The molecule has 0 bridgehead atoms. The SMILES string of the molecule is Cc1c([C@H](NC(=O)Nc2ccc(Cl)c(S(C)(=O)=O)c2)C(C)C)oc2ccc(F)cc12. The predicted octanol–water partition coefficient (Wildman–Crippen LogP) is 5.46. The van der Waals surface area contributed by atoms with Gasteiger partial charge in [-0.1, -0.05) is 25.4 Å². The Labute approximate surface area is 179 Å². The zero-order valence-electron chi connectivity index (χ0n) is 16.9. The van der Waals surface area contributed by atoms with E-state index in [0.29, 0.717) is 16.7 Å². The lowest BCUT2D eigenvalue weighted by atomic mass is 9.98. The van der Waals surface area contributed by atoms with Crippen molar-refractivity contribution in [3.8, 4) is 0 Å². The topological polar surface area (TPSA) is 88.4 Å². The van der Waals surface area contributed by atoms with Crippen molar-refractivity contribution in [2.45, 2.75) is 31.7 Å². The summed E-state index contributed by atoms with van der Waals surface area (Å²) in [5.41, 5.74) is 1.56. The summed E-state index contributed by atoms with van der Waals surface area (Å²) in [5.74, 6) is 0.138. The van der Waals surface area contributed by atoms with Crippen LogP contribution in [0, 0.1) is 18.7 Å². The van der Waals surface area contributed by atoms with Gasteiger partial charge in [0.2, 0.25) is 0 Å². The van der Waals surface area contributed by atoms with E-state index in [-0.39, 0.29) is 27.3 Å². The van der Waals surface area contributed by atoms with E-state index in [1.54, 1.807) is 6.07 Å². The highest BCUT2D eigenvalue weighted by atomic mass is 35.5. The van der Waals surface area contributed by atoms with Gasteiger partial charge in [-0.2, -0.15) is 0 Å². The number of benzene rings is 2. The Hall–Kier alpha value is -2.58. The summed E-state index contributed by atoms with van der Waals surface area (Å²) < 4.78 is 43.2. The molecule has 2 amide bonds. The first-order valence-corrected chi connectivity index (χ1v) is 11.5. The molecule has 0 aliphatic rings. The Kier molecular flexibility index (Phi) is 6.10. The van der Waals surface area contributed by atoms with E-state index < -0.39 is 21.9 Å². The lowest BCUT2D eigenvalue weighted by Gasteiger charge is -2.21. The molecule has 0 aliphatic carbocycles. The van der Waals surface area contributed by atoms with Crippen LogP contribution >= 0.6 is 11.6 Å². The number of carbonyl (C=O) groups is 1. The normalized spacial score (nSPS) is 12.9. The van der Waals surface area contributed by atoms with Crippen LogP contribution in [0.2, 0.25) is 5.02 Å². The highest BCUT2D eigenvalue weighted by molar-refractivity contribution is 7.90. The number of carbonyl (C=O) groups excluding carboxylic acids is 1. The van der Waals surface area contributed by atoms with Gasteiger partial charge in [-0.25, -0.2) is 17.6 Å². The maximum Gasteiger partial charge on any atom is 0.319 e. The fourth-order valence-electron chi connectivity index (χ4n) is 3.22. The highest BCUT2D eigenvalue weighted by Crippen LogP contribution is 2.33. The Bertz CT molecular complexity index is 1220. The highest BCUT2D eigenvalue weighted by Gasteiger charge is 2.25. The Morgan fingerprint density at radius 2 is 1.87 bits per heavy atom. The number of rotatable bonds is 5. The summed E-state index contributed by atoms with van der Waals surface area (Å²) in [6.07, 6.45) is 1.04. The lowest BCUT2D eigenvalue weighted by Crippen LogP contribution is -2.35. The first-order chi connectivity index (χ1) is 14.0. The molecule has 0 saturated heterocycles. The van der Waals surface area contributed by atoms with Gasteiger partial charge in [0.1, 0.15) is 17.2 Å². The van der Waals surface area contributed by atoms with E-state index in [1.807, 2.05) is 20.8 Å². The van der Waals surface area contributed by atoms with Gasteiger partial charge in [0.05, 0.1) is 16.0 Å². The average Bonchev–Trinajstić information content (AvgIpc) is 2.96. The molecule has 0 aliphatic heterocycles. The summed E-state index contributed by atoms with van der Waals surface area (Å²) in [6, 6.07) is 7.47. The van der Waals surface area contributed by atoms with Crippen LogP contribution in [0.5, 0.6) is 0 Å². The van der Waals surface area contributed by atoms with Crippen LogP contribution < -0.4 is 10.6 Å². The number of hydrogen-bond acceptors (Lipinski definition) is 4. The van der Waals surface area contributed by atoms with E-state index in [1.165, 1.54) is 30.3 Å². The fraction of sp³-hybridized carbons (Fsp3) is 0.286. The number of furan rings is 1. The lowest BCUT2D eigenvalue weighted by molar-refractivity contribution is 0.241. The number of halogens is 2. The molecule has 0 radical (unpaired) electrons. The molecular weight excluding hydrogens is 431 g/mol. The van der Waals surface area contributed by atoms with Crippen LogP contribution in [0.15, 0.2) is 45.7 Å². The zero-order valence-corrected chi connectivity index (χ0v) is 18.5. The molecule has 0 fully saturated rings. The van der Waals surface area contributed by atoms with E-state index in [4.69, 9.17) is 16.0 Å². The number of nitrogens with one attached hydrogen (secondary N) is 2. The molecule has 2 aromatic carbocycles. The van der Waals surface area contributed by atoms with Crippen molar-refractivity contribution in [3.63, 3.8) is 0 Å². The summed E-state index contributed by atoms with van der Waals surface area (Å²) in [6.45, 7) is 5.65. The molecule has 0 unspecified atom stereocenters. The largest absolute Gasteiger partial charge is 0.459 e. The van der Waals surface area contributed by atoms with Crippen LogP contribution in [0.1, 0.15) is 31.2 Å². The summed E-state index contributed by atoms with van der Waals surface area (Å²) in [5, 5.41) is 6.20. The van der Waals surface area contributed by atoms with Gasteiger partial charge in [0.15, 0.2) is 9.84 Å². The van der Waals surface area contributed by atoms with Gasteiger partial charge < -0.3 is 15.1 Å². The van der Waals surface area contributed by atoms with Gasteiger partial charge in [-0.15, -0.1) is 0 Å². The van der Waals surface area contributed by atoms with Crippen LogP contribution in [0.25, 0.3) is 11.0 Å². The Morgan fingerprint density at radius 1 is 1.17 bits per heavy atom. The number of sulfone groups is 1. The molecule has 6 nitrogen and oxygen atoms in total. The summed E-state index contributed by atoms with van der Waals surface area (Å²) in [4.78, 5) is 12.5. The maximum absolute atomic E-state index is 13.6. The first-order valence-electron chi connectivity index (χ1n) is 9.23. The molecule has 9 heteroatoms. The van der Waals surface area contributed by atoms with Crippen molar-refractivity contribution in [1.29, 1.82) is 0 Å². The third-order valence-electron chi connectivity index (χ3n) is 4.76. The van der Waals surface area contributed by atoms with Crippen molar-refractivity contribution >= 4 is 44.1 Å². The molecule has 1 atom stereocenters. The molecule has 160 valence electrons. The standard InChI is InChI=1S/C21H22ClFN2O4S/c1-11(2)19(20-12(3)15-9-13(23)5-8-17(15)29-20)25-21(26)24-14-6-7-16(22)18(10-14)30(4,27)28/h5-11,19H,1-4H3,(H2,24,25,26)/t19-/m1/s1. The van der Waals surface area contributed by atoms with E-state index in [2.05, 4.69) is 10.6 Å². The number of hydrogen-bond donors (Lipinski definition) is 2. The molecule has 0 saturated carbocycles. The number of urea groups is 1. The molecular formula is C21H22ClFN2O4S. The Morgan fingerprint density at radius 3 is 2.50 bits per heavy atom. The predicted molar refractivity (Wildman–Crippen MR) is 115 cm³/mol. The van der Waals surface area contributed by atoms with Crippen LogP contribution in [-0.4, -0.2) is 20.7 Å². The molecule has 1 heterocycles. The monoisotopic (exact) mass is 452 g/mol. The van der Waals surface area contributed by atoms with Gasteiger partial charge in [-0.3, -0.25) is 0 Å². The Balaban J connectivity index is 1.86. The van der Waals surface area contributed by atoms with Crippen LogP contribution in [0.3, 0.4) is 0 Å². The van der Waals surface area contributed by atoms with E-state index in [9.17, 15) is 17.6 Å². The summed E-state index contributed by atoms with van der Waals surface area (Å²) in [7, 11) is -3.54. The zero-order chi connectivity index (χ0) is 22.2. The maximum atomic E-state index is 13.6. The van der Waals surface area contributed by atoms with Crippen molar-refractivity contribution < 1.29 is 22.0 Å². The van der Waals surface area contributed by atoms with E-state index in [0.717, 1.165) is 11.8 Å². The second-order valence-electron chi connectivity index (χ2n) is 7.47. The van der Waals surface area contributed by atoms with Crippen molar-refractivity contribution in [3.05, 3.63) is 58.6 Å². The second-order valence-corrected chi connectivity index (χ2v) is 9.86. The van der Waals surface area contributed by atoms with Crippen molar-refractivity contribution in [1.82, 2.24) is 5.32 Å². The van der Waals surface area contributed by atoms with Gasteiger partial charge in [0.25, 0.3) is 0 Å². The smallest absolute Gasteiger partial charge is 0.319 e. The van der Waals surface area contributed by atoms with Gasteiger partial charge in [0, 0.05) is 22.9 Å². The molecule has 1 aromatic heterocycles. The van der Waals surface area contributed by atoms with E-state index >= 15 is 0 Å².